The van der Waals surface area contributed by atoms with Crippen molar-refractivity contribution in [2.75, 3.05) is 13.2 Å². The van der Waals surface area contributed by atoms with Crippen LogP contribution in [0.5, 0.6) is 5.75 Å². The standard InChI is InChI=1S/C20H21F4NO2/c21-15-5-9-18(10-6-15)27-13-17(26)12-25(16-7-8-16)11-14-3-1-2-4-19(14)20(22,23)24/h1-6,9-10,16-17,26H,7-8,11-13H2/t17-/m1/s1. The molecule has 27 heavy (non-hydrogen) atoms. The highest BCUT2D eigenvalue weighted by molar-refractivity contribution is 5.29. The zero-order chi connectivity index (χ0) is 19.4. The Morgan fingerprint density at radius 1 is 1.07 bits per heavy atom. The van der Waals surface area contributed by atoms with Gasteiger partial charge in [-0.25, -0.2) is 4.39 Å². The molecule has 1 N–H and O–H groups in total. The molecule has 7 heteroatoms. The Morgan fingerprint density at radius 2 is 1.74 bits per heavy atom. The van der Waals surface area contributed by atoms with Gasteiger partial charge in [0.05, 0.1) is 5.56 Å². The van der Waals surface area contributed by atoms with Gasteiger partial charge in [-0.1, -0.05) is 18.2 Å². The monoisotopic (exact) mass is 383 g/mol. The van der Waals surface area contributed by atoms with Gasteiger partial charge in [0.15, 0.2) is 0 Å². The molecule has 0 radical (unpaired) electrons. The second kappa shape index (κ2) is 8.27. The molecule has 1 saturated carbocycles. The van der Waals surface area contributed by atoms with Crippen molar-refractivity contribution < 1.29 is 27.4 Å². The van der Waals surface area contributed by atoms with E-state index in [1.165, 1.54) is 36.4 Å². The van der Waals surface area contributed by atoms with E-state index in [-0.39, 0.29) is 37.1 Å². The fraction of sp³-hybridized carbons (Fsp3) is 0.400. The van der Waals surface area contributed by atoms with Gasteiger partial charge in [-0.05, 0) is 48.7 Å². The smallest absolute Gasteiger partial charge is 0.416 e. The van der Waals surface area contributed by atoms with Gasteiger partial charge in [-0.3, -0.25) is 4.90 Å². The first-order chi connectivity index (χ1) is 12.8. The number of benzene rings is 2. The average molecular weight is 383 g/mol. The van der Waals surface area contributed by atoms with Gasteiger partial charge in [0.2, 0.25) is 0 Å². The Hall–Kier alpha value is -2.12. The summed E-state index contributed by atoms with van der Waals surface area (Å²) in [4.78, 5) is 1.86. The van der Waals surface area contributed by atoms with Crippen LogP contribution in [0.25, 0.3) is 0 Å². The van der Waals surface area contributed by atoms with Crippen molar-refractivity contribution in [1.29, 1.82) is 0 Å². The summed E-state index contributed by atoms with van der Waals surface area (Å²) >= 11 is 0. The molecule has 3 rings (SSSR count). The molecule has 2 aromatic rings. The Morgan fingerprint density at radius 3 is 2.37 bits per heavy atom. The molecule has 0 amide bonds. The number of rotatable bonds is 8. The molecule has 0 heterocycles. The summed E-state index contributed by atoms with van der Waals surface area (Å²) in [6.07, 6.45) is -3.47. The number of halogens is 4. The first kappa shape index (κ1) is 19.6. The maximum absolute atomic E-state index is 13.2. The lowest BCUT2D eigenvalue weighted by Gasteiger charge is -2.26. The third-order valence-corrected chi connectivity index (χ3v) is 4.46. The first-order valence-electron chi connectivity index (χ1n) is 8.78. The highest BCUT2D eigenvalue weighted by atomic mass is 19.4. The van der Waals surface area contributed by atoms with Crippen LogP contribution in [0.4, 0.5) is 17.6 Å². The minimum atomic E-state index is -4.41. The van der Waals surface area contributed by atoms with Crippen molar-refractivity contribution in [3.8, 4) is 5.75 Å². The Balaban J connectivity index is 1.60. The van der Waals surface area contributed by atoms with Crippen molar-refractivity contribution in [1.82, 2.24) is 4.90 Å². The van der Waals surface area contributed by atoms with Crippen LogP contribution in [0.3, 0.4) is 0 Å². The molecule has 3 nitrogen and oxygen atoms in total. The predicted octanol–water partition coefficient (Wildman–Crippen LogP) is 4.25. The quantitative estimate of drug-likeness (QED) is 0.692. The molecule has 0 unspecified atom stereocenters. The highest BCUT2D eigenvalue weighted by Gasteiger charge is 2.35. The molecular formula is C20H21F4NO2. The maximum Gasteiger partial charge on any atom is 0.416 e. The number of aliphatic hydroxyl groups is 1. The zero-order valence-electron chi connectivity index (χ0n) is 14.6. The number of aliphatic hydroxyl groups excluding tert-OH is 1. The van der Waals surface area contributed by atoms with Crippen molar-refractivity contribution >= 4 is 0 Å². The summed E-state index contributed by atoms with van der Waals surface area (Å²) in [7, 11) is 0. The third-order valence-electron chi connectivity index (χ3n) is 4.46. The third kappa shape index (κ3) is 5.68. The first-order valence-corrected chi connectivity index (χ1v) is 8.78. The molecule has 1 aliphatic carbocycles. The van der Waals surface area contributed by atoms with Crippen LogP contribution < -0.4 is 4.74 Å². The molecule has 1 aliphatic rings. The zero-order valence-corrected chi connectivity index (χ0v) is 14.6. The van der Waals surface area contributed by atoms with Gasteiger partial charge in [0.25, 0.3) is 0 Å². The molecule has 146 valence electrons. The lowest BCUT2D eigenvalue weighted by Crippen LogP contribution is -2.37. The van der Waals surface area contributed by atoms with Crippen LogP contribution >= 0.6 is 0 Å². The van der Waals surface area contributed by atoms with E-state index in [0.29, 0.717) is 5.75 Å². The van der Waals surface area contributed by atoms with E-state index in [0.717, 1.165) is 18.9 Å². The summed E-state index contributed by atoms with van der Waals surface area (Å²) in [6.45, 7) is 0.307. The molecule has 1 fully saturated rings. The van der Waals surface area contributed by atoms with Crippen molar-refractivity contribution in [2.45, 2.75) is 37.7 Å². The van der Waals surface area contributed by atoms with Crippen LogP contribution in [0, 0.1) is 5.82 Å². The van der Waals surface area contributed by atoms with Crippen molar-refractivity contribution in [3.05, 3.63) is 65.5 Å². The lowest BCUT2D eigenvalue weighted by atomic mass is 10.1. The van der Waals surface area contributed by atoms with E-state index in [1.54, 1.807) is 6.07 Å². The number of nitrogens with zero attached hydrogens (tertiary/aromatic N) is 1. The largest absolute Gasteiger partial charge is 0.491 e. The summed E-state index contributed by atoms with van der Waals surface area (Å²) in [6, 6.07) is 11.1. The number of ether oxygens (including phenoxy) is 1. The summed E-state index contributed by atoms with van der Waals surface area (Å²) in [5, 5.41) is 10.3. The fourth-order valence-corrected chi connectivity index (χ4v) is 2.98. The molecule has 0 saturated heterocycles. The van der Waals surface area contributed by atoms with E-state index >= 15 is 0 Å². The molecule has 0 bridgehead atoms. The molecule has 2 aromatic carbocycles. The fourth-order valence-electron chi connectivity index (χ4n) is 2.98. The minimum absolute atomic E-state index is 0.0181. The SMILES string of the molecule is O[C@@H](COc1ccc(F)cc1)CN(Cc1ccccc1C(F)(F)F)C1CC1. The minimum Gasteiger partial charge on any atom is -0.491 e. The normalized spacial score (nSPS) is 15.8. The molecule has 0 aliphatic heterocycles. The van der Waals surface area contributed by atoms with Gasteiger partial charge in [-0.15, -0.1) is 0 Å². The Bertz CT molecular complexity index is 744. The highest BCUT2D eigenvalue weighted by Crippen LogP contribution is 2.34. The summed E-state index contributed by atoms with van der Waals surface area (Å²) < 4.78 is 57.9. The number of alkyl halides is 3. The van der Waals surface area contributed by atoms with Crippen LogP contribution in [0.2, 0.25) is 0 Å². The van der Waals surface area contributed by atoms with E-state index in [2.05, 4.69) is 0 Å². The summed E-state index contributed by atoms with van der Waals surface area (Å²) in [5.41, 5.74) is -0.448. The van der Waals surface area contributed by atoms with E-state index in [1.807, 2.05) is 4.90 Å². The Labute approximate surface area is 155 Å². The number of hydrogen-bond donors (Lipinski definition) is 1. The molecule has 0 spiro atoms. The second-order valence-corrected chi connectivity index (χ2v) is 6.73. The lowest BCUT2D eigenvalue weighted by molar-refractivity contribution is -0.138. The topological polar surface area (TPSA) is 32.7 Å². The molecular weight excluding hydrogens is 362 g/mol. The van der Waals surface area contributed by atoms with Gasteiger partial charge in [-0.2, -0.15) is 13.2 Å². The van der Waals surface area contributed by atoms with Gasteiger partial charge in [0.1, 0.15) is 24.3 Å². The van der Waals surface area contributed by atoms with E-state index in [9.17, 15) is 22.7 Å². The van der Waals surface area contributed by atoms with Crippen molar-refractivity contribution in [2.24, 2.45) is 0 Å². The van der Waals surface area contributed by atoms with Crippen LogP contribution in [0.15, 0.2) is 48.5 Å². The van der Waals surface area contributed by atoms with Crippen LogP contribution in [-0.2, 0) is 12.7 Å². The van der Waals surface area contributed by atoms with Crippen LogP contribution in [0.1, 0.15) is 24.0 Å². The average Bonchev–Trinajstić information content (AvgIpc) is 3.45. The van der Waals surface area contributed by atoms with Crippen molar-refractivity contribution in [3.63, 3.8) is 0 Å². The van der Waals surface area contributed by atoms with Gasteiger partial charge in [0, 0.05) is 19.1 Å². The molecule has 0 aromatic heterocycles. The maximum atomic E-state index is 13.2. The van der Waals surface area contributed by atoms with Gasteiger partial charge < -0.3 is 9.84 Å². The summed E-state index contributed by atoms with van der Waals surface area (Å²) in [5.74, 6) is 0.0435. The van der Waals surface area contributed by atoms with E-state index < -0.39 is 17.8 Å². The second-order valence-electron chi connectivity index (χ2n) is 6.73. The predicted molar refractivity (Wildman–Crippen MR) is 92.8 cm³/mol. The molecule has 1 atom stereocenters. The van der Waals surface area contributed by atoms with E-state index in [4.69, 9.17) is 4.74 Å². The Kier molecular flexibility index (Phi) is 6.01. The van der Waals surface area contributed by atoms with Gasteiger partial charge >= 0.3 is 6.18 Å². The van der Waals surface area contributed by atoms with Crippen LogP contribution in [-0.4, -0.2) is 35.3 Å². The number of hydrogen-bond acceptors (Lipinski definition) is 3.